The van der Waals surface area contributed by atoms with E-state index in [9.17, 15) is 14.4 Å². The smallest absolute Gasteiger partial charge is 0.310 e. The Balaban J connectivity index is 2.85. The lowest BCUT2D eigenvalue weighted by molar-refractivity contribution is -0.171. The van der Waals surface area contributed by atoms with E-state index in [0.29, 0.717) is 12.8 Å². The molecular formula is C14H22O6. The van der Waals surface area contributed by atoms with Crippen LogP contribution in [0.15, 0.2) is 0 Å². The van der Waals surface area contributed by atoms with E-state index >= 15 is 0 Å². The van der Waals surface area contributed by atoms with Crippen LogP contribution in [0.1, 0.15) is 40.0 Å². The Kier molecular flexibility index (Phi) is 5.14. The molecule has 0 heterocycles. The summed E-state index contributed by atoms with van der Waals surface area (Å²) in [6, 6.07) is 0. The van der Waals surface area contributed by atoms with Gasteiger partial charge in [-0.2, -0.15) is 0 Å². The Hall–Kier alpha value is -1.59. The van der Waals surface area contributed by atoms with Crippen LogP contribution in [0.2, 0.25) is 0 Å². The number of esters is 2. The lowest BCUT2D eigenvalue weighted by Gasteiger charge is -2.33. The molecule has 6 nitrogen and oxygen atoms in total. The zero-order chi connectivity index (χ0) is 15.5. The van der Waals surface area contributed by atoms with Crippen molar-refractivity contribution >= 4 is 17.9 Å². The summed E-state index contributed by atoms with van der Waals surface area (Å²) in [5, 5.41) is 9.05. The number of hydrogen-bond donors (Lipinski definition) is 1. The third-order valence-electron chi connectivity index (χ3n) is 3.41. The predicted octanol–water partition coefficient (Wildman–Crippen LogP) is 1.62. The minimum atomic E-state index is -0.943. The average Bonchev–Trinajstić information content (AvgIpc) is 2.34. The van der Waals surface area contributed by atoms with Crippen molar-refractivity contribution in [3.8, 4) is 0 Å². The molecule has 1 aliphatic carbocycles. The predicted molar refractivity (Wildman–Crippen MR) is 69.8 cm³/mol. The quantitative estimate of drug-likeness (QED) is 0.793. The molecule has 0 amide bonds. The lowest BCUT2D eigenvalue weighted by atomic mass is 9.74. The number of rotatable bonds is 3. The van der Waals surface area contributed by atoms with Crippen LogP contribution in [0.25, 0.3) is 0 Å². The van der Waals surface area contributed by atoms with E-state index in [1.165, 1.54) is 7.11 Å². The normalized spacial score (nSPS) is 26.7. The van der Waals surface area contributed by atoms with Gasteiger partial charge in [0.2, 0.25) is 0 Å². The molecule has 0 aromatic rings. The van der Waals surface area contributed by atoms with Crippen molar-refractivity contribution < 1.29 is 29.0 Å². The SMILES string of the molecule is COC(=O)[C@H]1CC(C(=O)O)CC[C@@H]1C(=O)OC(C)(C)C. The molecule has 0 aliphatic heterocycles. The number of aliphatic carboxylic acids is 1. The lowest BCUT2D eigenvalue weighted by Crippen LogP contribution is -2.41. The van der Waals surface area contributed by atoms with Gasteiger partial charge in [-0.15, -0.1) is 0 Å². The van der Waals surface area contributed by atoms with Gasteiger partial charge in [0.15, 0.2) is 0 Å². The molecule has 3 atom stereocenters. The maximum atomic E-state index is 12.1. The fraction of sp³-hybridized carbons (Fsp3) is 0.786. The van der Waals surface area contributed by atoms with E-state index in [1.54, 1.807) is 20.8 Å². The van der Waals surface area contributed by atoms with Crippen molar-refractivity contribution in [3.05, 3.63) is 0 Å². The highest BCUT2D eigenvalue weighted by Crippen LogP contribution is 2.36. The van der Waals surface area contributed by atoms with Crippen molar-refractivity contribution in [2.45, 2.75) is 45.6 Å². The molecule has 0 bridgehead atoms. The van der Waals surface area contributed by atoms with Gasteiger partial charge in [-0.1, -0.05) is 0 Å². The average molecular weight is 286 g/mol. The van der Waals surface area contributed by atoms with E-state index in [-0.39, 0.29) is 6.42 Å². The number of hydrogen-bond acceptors (Lipinski definition) is 5. The molecule has 1 saturated carbocycles. The molecule has 1 rings (SSSR count). The van der Waals surface area contributed by atoms with Crippen LogP contribution in [0, 0.1) is 17.8 Å². The first-order valence-electron chi connectivity index (χ1n) is 6.69. The van der Waals surface area contributed by atoms with Gasteiger partial charge in [0.05, 0.1) is 24.9 Å². The molecule has 0 saturated heterocycles. The molecule has 114 valence electrons. The molecular weight excluding hydrogens is 264 g/mol. The third-order valence-corrected chi connectivity index (χ3v) is 3.41. The standard InChI is InChI=1S/C14H22O6/c1-14(2,3)20-13(18)9-6-5-8(11(15)16)7-10(9)12(17)19-4/h8-10H,5-7H2,1-4H3,(H,15,16)/t8?,9-,10-/m0/s1. The first kappa shape index (κ1) is 16.5. The first-order valence-corrected chi connectivity index (χ1v) is 6.69. The first-order chi connectivity index (χ1) is 9.15. The van der Waals surface area contributed by atoms with Gasteiger partial charge in [-0.3, -0.25) is 14.4 Å². The summed E-state index contributed by atoms with van der Waals surface area (Å²) in [4.78, 5) is 35.0. The van der Waals surface area contributed by atoms with E-state index in [4.69, 9.17) is 9.84 Å². The molecule has 1 N–H and O–H groups in total. The van der Waals surface area contributed by atoms with Crippen LogP contribution in [-0.2, 0) is 23.9 Å². The van der Waals surface area contributed by atoms with Crippen LogP contribution >= 0.6 is 0 Å². The summed E-state index contributed by atoms with van der Waals surface area (Å²) >= 11 is 0. The van der Waals surface area contributed by atoms with Crippen LogP contribution < -0.4 is 0 Å². The van der Waals surface area contributed by atoms with Gasteiger partial charge in [0.25, 0.3) is 0 Å². The number of methoxy groups -OCH3 is 1. The highest BCUT2D eigenvalue weighted by molar-refractivity contribution is 5.83. The summed E-state index contributed by atoms with van der Waals surface area (Å²) in [6.07, 6.45) is 0.810. The van der Waals surface area contributed by atoms with Crippen molar-refractivity contribution in [2.75, 3.05) is 7.11 Å². The van der Waals surface area contributed by atoms with Crippen LogP contribution in [0.5, 0.6) is 0 Å². The van der Waals surface area contributed by atoms with Gasteiger partial charge >= 0.3 is 17.9 Å². The maximum absolute atomic E-state index is 12.1. The maximum Gasteiger partial charge on any atom is 0.310 e. The Bertz CT molecular complexity index is 395. The molecule has 1 fully saturated rings. The Morgan fingerprint density at radius 3 is 2.10 bits per heavy atom. The second kappa shape index (κ2) is 6.24. The fourth-order valence-electron chi connectivity index (χ4n) is 2.47. The van der Waals surface area contributed by atoms with Crippen LogP contribution in [-0.4, -0.2) is 35.7 Å². The third kappa shape index (κ3) is 4.21. The number of carbonyl (C=O) groups is 3. The van der Waals surface area contributed by atoms with Crippen LogP contribution in [0.4, 0.5) is 0 Å². The number of carboxylic acids is 1. The highest BCUT2D eigenvalue weighted by Gasteiger charge is 2.43. The highest BCUT2D eigenvalue weighted by atomic mass is 16.6. The van der Waals surface area contributed by atoms with Crippen LogP contribution in [0.3, 0.4) is 0 Å². The van der Waals surface area contributed by atoms with Crippen molar-refractivity contribution in [2.24, 2.45) is 17.8 Å². The molecule has 1 unspecified atom stereocenters. The number of ether oxygens (including phenoxy) is 2. The Labute approximate surface area is 118 Å². The van der Waals surface area contributed by atoms with Gasteiger partial charge < -0.3 is 14.6 Å². The number of carbonyl (C=O) groups excluding carboxylic acids is 2. The topological polar surface area (TPSA) is 89.9 Å². The van der Waals surface area contributed by atoms with E-state index in [1.807, 2.05) is 0 Å². The van der Waals surface area contributed by atoms with Gasteiger partial charge in [-0.05, 0) is 40.0 Å². The molecule has 1 aliphatic rings. The fourth-order valence-corrected chi connectivity index (χ4v) is 2.47. The molecule has 0 spiro atoms. The molecule has 0 aromatic carbocycles. The minimum absolute atomic E-state index is 0.117. The summed E-state index contributed by atoms with van der Waals surface area (Å²) in [6.45, 7) is 5.25. The number of carboxylic acid groups (broad SMARTS) is 1. The van der Waals surface area contributed by atoms with Gasteiger partial charge in [0.1, 0.15) is 5.60 Å². The summed E-state index contributed by atoms with van der Waals surface area (Å²) in [7, 11) is 1.23. The van der Waals surface area contributed by atoms with Crippen molar-refractivity contribution in [3.63, 3.8) is 0 Å². The summed E-state index contributed by atoms with van der Waals surface area (Å²) < 4.78 is 9.99. The van der Waals surface area contributed by atoms with E-state index in [0.717, 1.165) is 0 Å². The Morgan fingerprint density at radius 2 is 1.65 bits per heavy atom. The molecule has 0 aromatic heterocycles. The minimum Gasteiger partial charge on any atom is -0.481 e. The zero-order valence-corrected chi connectivity index (χ0v) is 12.3. The van der Waals surface area contributed by atoms with Crippen molar-refractivity contribution in [1.29, 1.82) is 0 Å². The summed E-state index contributed by atoms with van der Waals surface area (Å²) in [5.41, 5.74) is -0.638. The molecule has 6 heteroatoms. The Morgan fingerprint density at radius 1 is 1.05 bits per heavy atom. The van der Waals surface area contributed by atoms with Crippen molar-refractivity contribution in [1.82, 2.24) is 0 Å². The second-order valence-corrected chi connectivity index (χ2v) is 6.12. The second-order valence-electron chi connectivity index (χ2n) is 6.12. The van der Waals surface area contributed by atoms with E-state index in [2.05, 4.69) is 4.74 Å². The monoisotopic (exact) mass is 286 g/mol. The molecule has 20 heavy (non-hydrogen) atoms. The van der Waals surface area contributed by atoms with Gasteiger partial charge in [-0.25, -0.2) is 0 Å². The molecule has 0 radical (unpaired) electrons. The summed E-state index contributed by atoms with van der Waals surface area (Å²) in [5.74, 6) is -3.94. The largest absolute Gasteiger partial charge is 0.481 e. The zero-order valence-electron chi connectivity index (χ0n) is 12.3. The van der Waals surface area contributed by atoms with Gasteiger partial charge in [0, 0.05) is 0 Å². The van der Waals surface area contributed by atoms with E-state index < -0.39 is 41.3 Å².